The topological polar surface area (TPSA) is 42.0 Å². The maximum absolute atomic E-state index is 12.4. The Labute approximate surface area is 123 Å². The van der Waals surface area contributed by atoms with E-state index in [1.165, 1.54) is 0 Å². The monoisotopic (exact) mass is 276 g/mol. The van der Waals surface area contributed by atoms with E-state index in [-0.39, 0.29) is 5.91 Å². The Bertz CT molecular complexity index is 799. The van der Waals surface area contributed by atoms with Gasteiger partial charge >= 0.3 is 0 Å². The van der Waals surface area contributed by atoms with Gasteiger partial charge in [-0.3, -0.25) is 9.78 Å². The van der Waals surface area contributed by atoms with Gasteiger partial charge in [0.1, 0.15) is 0 Å². The number of fused-ring (bicyclic) bond motifs is 1. The van der Waals surface area contributed by atoms with E-state index in [0.29, 0.717) is 5.56 Å². The minimum Gasteiger partial charge on any atom is -0.320 e. The Balaban J connectivity index is 1.96. The maximum Gasteiger partial charge on any atom is 0.255 e. The summed E-state index contributed by atoms with van der Waals surface area (Å²) >= 11 is 0. The van der Waals surface area contributed by atoms with Crippen molar-refractivity contribution in [2.24, 2.45) is 0 Å². The van der Waals surface area contributed by atoms with Crippen molar-refractivity contribution in [1.82, 2.24) is 4.98 Å². The molecule has 3 heteroatoms. The van der Waals surface area contributed by atoms with Gasteiger partial charge in [0.2, 0.25) is 0 Å². The van der Waals surface area contributed by atoms with E-state index in [1.54, 1.807) is 6.20 Å². The van der Waals surface area contributed by atoms with E-state index in [9.17, 15) is 4.79 Å². The first-order valence-electron chi connectivity index (χ1n) is 6.87. The standard InChI is InChI=1S/C18H16N2O/c1-12-9-13(2)11-15(10-12)18(21)20-16-7-3-5-14-6-4-8-19-17(14)16/h3-11H,1-2H3,(H,20,21). The molecular weight excluding hydrogens is 260 g/mol. The van der Waals surface area contributed by atoms with Crippen LogP contribution >= 0.6 is 0 Å². The fourth-order valence-electron chi connectivity index (χ4n) is 2.51. The van der Waals surface area contributed by atoms with Crippen molar-refractivity contribution >= 4 is 22.5 Å². The first-order chi connectivity index (χ1) is 10.1. The van der Waals surface area contributed by atoms with Gasteiger partial charge in [-0.15, -0.1) is 0 Å². The average molecular weight is 276 g/mol. The smallest absolute Gasteiger partial charge is 0.255 e. The van der Waals surface area contributed by atoms with Crippen LogP contribution in [0.5, 0.6) is 0 Å². The van der Waals surface area contributed by atoms with Gasteiger partial charge < -0.3 is 5.32 Å². The number of aromatic nitrogens is 1. The van der Waals surface area contributed by atoms with Gasteiger partial charge in [0.15, 0.2) is 0 Å². The molecule has 21 heavy (non-hydrogen) atoms. The van der Waals surface area contributed by atoms with Crippen molar-refractivity contribution in [2.45, 2.75) is 13.8 Å². The van der Waals surface area contributed by atoms with Crippen LogP contribution in [-0.2, 0) is 0 Å². The lowest BCUT2D eigenvalue weighted by atomic mass is 10.1. The molecule has 0 radical (unpaired) electrons. The van der Waals surface area contributed by atoms with Gasteiger partial charge in [0, 0.05) is 17.1 Å². The van der Waals surface area contributed by atoms with Crippen molar-refractivity contribution in [3.8, 4) is 0 Å². The molecule has 0 aliphatic heterocycles. The van der Waals surface area contributed by atoms with Crippen molar-refractivity contribution in [3.63, 3.8) is 0 Å². The molecule has 0 saturated carbocycles. The lowest BCUT2D eigenvalue weighted by molar-refractivity contribution is 0.102. The highest BCUT2D eigenvalue weighted by molar-refractivity contribution is 6.08. The Morgan fingerprint density at radius 1 is 1.00 bits per heavy atom. The predicted octanol–water partition coefficient (Wildman–Crippen LogP) is 4.10. The quantitative estimate of drug-likeness (QED) is 0.765. The third-order valence-electron chi connectivity index (χ3n) is 3.36. The third-order valence-corrected chi connectivity index (χ3v) is 3.36. The number of carbonyl (C=O) groups is 1. The van der Waals surface area contributed by atoms with E-state index >= 15 is 0 Å². The predicted molar refractivity (Wildman–Crippen MR) is 85.6 cm³/mol. The van der Waals surface area contributed by atoms with Crippen molar-refractivity contribution in [1.29, 1.82) is 0 Å². The number of aryl methyl sites for hydroxylation is 2. The van der Waals surface area contributed by atoms with E-state index in [4.69, 9.17) is 0 Å². The third kappa shape index (κ3) is 2.77. The van der Waals surface area contributed by atoms with E-state index in [2.05, 4.69) is 16.4 Å². The average Bonchev–Trinajstić information content (AvgIpc) is 2.46. The number of hydrogen-bond acceptors (Lipinski definition) is 2. The second-order valence-electron chi connectivity index (χ2n) is 5.21. The van der Waals surface area contributed by atoms with Crippen LogP contribution in [0.4, 0.5) is 5.69 Å². The zero-order valence-corrected chi connectivity index (χ0v) is 12.1. The first kappa shape index (κ1) is 13.3. The fourth-order valence-corrected chi connectivity index (χ4v) is 2.51. The first-order valence-corrected chi connectivity index (χ1v) is 6.87. The summed E-state index contributed by atoms with van der Waals surface area (Å²) in [7, 11) is 0. The number of nitrogens with zero attached hydrogens (tertiary/aromatic N) is 1. The minimum absolute atomic E-state index is 0.111. The Hall–Kier alpha value is -2.68. The molecule has 0 aliphatic rings. The van der Waals surface area contributed by atoms with Gasteiger partial charge in [0.05, 0.1) is 11.2 Å². The molecule has 0 bridgehead atoms. The molecule has 0 aliphatic carbocycles. The second-order valence-corrected chi connectivity index (χ2v) is 5.21. The Morgan fingerprint density at radius 2 is 1.71 bits per heavy atom. The van der Waals surface area contributed by atoms with Crippen LogP contribution in [0.3, 0.4) is 0 Å². The second kappa shape index (κ2) is 5.37. The molecule has 1 N–H and O–H groups in total. The molecule has 2 aromatic carbocycles. The summed E-state index contributed by atoms with van der Waals surface area (Å²) in [6, 6.07) is 15.5. The molecule has 0 atom stereocenters. The van der Waals surface area contributed by atoms with Crippen LogP contribution in [0.15, 0.2) is 54.7 Å². The van der Waals surface area contributed by atoms with Crippen LogP contribution in [-0.4, -0.2) is 10.9 Å². The number of rotatable bonds is 2. The van der Waals surface area contributed by atoms with Crippen LogP contribution in [0.2, 0.25) is 0 Å². The number of pyridine rings is 1. The molecule has 3 nitrogen and oxygen atoms in total. The zero-order chi connectivity index (χ0) is 14.8. The van der Waals surface area contributed by atoms with Gasteiger partial charge in [-0.1, -0.05) is 35.4 Å². The molecule has 1 aromatic heterocycles. The highest BCUT2D eigenvalue weighted by Crippen LogP contribution is 2.21. The number of hydrogen-bond donors (Lipinski definition) is 1. The lowest BCUT2D eigenvalue weighted by Crippen LogP contribution is -2.12. The highest BCUT2D eigenvalue weighted by atomic mass is 16.1. The summed E-state index contributed by atoms with van der Waals surface area (Å²) in [4.78, 5) is 16.8. The minimum atomic E-state index is -0.111. The van der Waals surface area contributed by atoms with Gasteiger partial charge in [-0.25, -0.2) is 0 Å². The van der Waals surface area contributed by atoms with Crippen LogP contribution in [0.1, 0.15) is 21.5 Å². The zero-order valence-electron chi connectivity index (χ0n) is 12.1. The number of amides is 1. The van der Waals surface area contributed by atoms with Crippen LogP contribution in [0, 0.1) is 13.8 Å². The largest absolute Gasteiger partial charge is 0.320 e. The molecular formula is C18H16N2O. The molecule has 3 aromatic rings. The van der Waals surface area contributed by atoms with Crippen molar-refractivity contribution < 1.29 is 4.79 Å². The number of nitrogens with one attached hydrogen (secondary N) is 1. The fraction of sp³-hybridized carbons (Fsp3) is 0.111. The Kier molecular flexibility index (Phi) is 3.40. The normalized spacial score (nSPS) is 10.6. The maximum atomic E-state index is 12.4. The van der Waals surface area contributed by atoms with Gasteiger partial charge in [0.25, 0.3) is 5.91 Å². The molecule has 0 unspecified atom stereocenters. The number of anilines is 1. The number of carbonyl (C=O) groups excluding carboxylic acids is 1. The summed E-state index contributed by atoms with van der Waals surface area (Å²) in [6.45, 7) is 3.98. The summed E-state index contributed by atoms with van der Waals surface area (Å²) in [5.41, 5.74) is 4.36. The molecule has 104 valence electrons. The molecule has 1 heterocycles. The number of benzene rings is 2. The van der Waals surface area contributed by atoms with E-state index in [0.717, 1.165) is 27.7 Å². The summed E-state index contributed by atoms with van der Waals surface area (Å²) in [5, 5.41) is 3.96. The van der Waals surface area contributed by atoms with Crippen LogP contribution in [0.25, 0.3) is 10.9 Å². The molecule has 0 saturated heterocycles. The summed E-state index contributed by atoms with van der Waals surface area (Å²) in [5.74, 6) is -0.111. The van der Waals surface area contributed by atoms with Crippen molar-refractivity contribution in [3.05, 3.63) is 71.4 Å². The van der Waals surface area contributed by atoms with Crippen LogP contribution < -0.4 is 5.32 Å². The molecule has 1 amide bonds. The molecule has 3 rings (SSSR count). The summed E-state index contributed by atoms with van der Waals surface area (Å²) < 4.78 is 0. The SMILES string of the molecule is Cc1cc(C)cc(C(=O)Nc2cccc3cccnc23)c1. The highest BCUT2D eigenvalue weighted by Gasteiger charge is 2.09. The Morgan fingerprint density at radius 3 is 2.48 bits per heavy atom. The molecule has 0 fully saturated rings. The van der Waals surface area contributed by atoms with Gasteiger partial charge in [-0.2, -0.15) is 0 Å². The van der Waals surface area contributed by atoms with E-state index in [1.807, 2.05) is 56.3 Å². The lowest BCUT2D eigenvalue weighted by Gasteiger charge is -2.09. The molecule has 0 spiro atoms. The van der Waals surface area contributed by atoms with Gasteiger partial charge in [-0.05, 0) is 38.1 Å². The van der Waals surface area contributed by atoms with E-state index < -0.39 is 0 Å². The van der Waals surface area contributed by atoms with Crippen molar-refractivity contribution in [2.75, 3.05) is 5.32 Å². The summed E-state index contributed by atoms with van der Waals surface area (Å²) in [6.07, 6.45) is 1.73. The number of para-hydroxylation sites is 1.